The quantitative estimate of drug-likeness (QED) is 0.00612. The summed E-state index contributed by atoms with van der Waals surface area (Å²) in [5.74, 6) is -1.12. The fraction of sp³-hybridized carbons (Fsp3) is 0.0482. The van der Waals surface area contributed by atoms with Gasteiger partial charge in [0.15, 0.2) is 33.9 Å². The predicted molar refractivity (Wildman–Crippen MR) is 502 cm³/mol. The highest BCUT2D eigenvalue weighted by atomic mass is 32.2. The van der Waals surface area contributed by atoms with E-state index < -0.39 is 136 Å². The van der Waals surface area contributed by atoms with Crippen molar-refractivity contribution in [3.8, 4) is 34.6 Å². The van der Waals surface area contributed by atoms with Gasteiger partial charge in [-0.25, -0.2) is 24.8 Å². The minimum atomic E-state index is -5.27. The average molecular weight is 2000 g/mol. The summed E-state index contributed by atoms with van der Waals surface area (Å²) >= 11 is 1.49. The summed E-state index contributed by atoms with van der Waals surface area (Å²) in [4.78, 5) is 42.9. The number of thiazole rings is 2. The maximum atomic E-state index is 13.1. The maximum absolute atomic E-state index is 13.1. The molecule has 54 heteroatoms. The number of nitrogens with zero attached hydrogens (tertiary/aromatic N) is 17. The molecule has 1 amide bonds. The number of hydrogen-bond acceptors (Lipinski definition) is 40. The first-order valence-electron chi connectivity index (χ1n) is 38.6. The molecule has 0 radical (unpaired) electrons. The summed E-state index contributed by atoms with van der Waals surface area (Å²) in [7, 11) is -30.2. The van der Waals surface area contributed by atoms with Crippen LogP contribution in [0.5, 0.6) is 6.01 Å². The molecule has 692 valence electrons. The summed E-state index contributed by atoms with van der Waals surface area (Å²) in [6.45, 7) is 12.0. The van der Waals surface area contributed by atoms with E-state index in [0.29, 0.717) is 40.2 Å². The Balaban J connectivity index is 0.768. The van der Waals surface area contributed by atoms with Gasteiger partial charge in [0.2, 0.25) is 33.8 Å². The Morgan fingerprint density at radius 1 is 0.438 bits per heavy atom. The number of aromatic hydroxyl groups is 1. The minimum absolute atomic E-state index is 0.0336. The highest BCUT2D eigenvalue weighted by molar-refractivity contribution is 7.87. The van der Waals surface area contributed by atoms with E-state index in [1.165, 1.54) is 67.6 Å². The van der Waals surface area contributed by atoms with Gasteiger partial charge in [0.1, 0.15) is 60.8 Å². The van der Waals surface area contributed by atoms with E-state index in [9.17, 15) is 93.0 Å². The monoisotopic (exact) mass is 2000 g/mol. The zero-order chi connectivity index (χ0) is 97.8. The molecule has 0 unspecified atom stereocenters. The van der Waals surface area contributed by atoms with Crippen LogP contribution >= 0.6 is 22.7 Å². The number of carbonyl (C=O) groups is 1. The molecule has 0 aliphatic carbocycles. The number of azo groups is 4. The minimum Gasteiger partial charge on any atom is -0.479 e. The molecule has 46 nitrogen and oxygen atoms in total. The lowest BCUT2D eigenvalue weighted by Gasteiger charge is -2.16. The first kappa shape index (κ1) is 95.3. The van der Waals surface area contributed by atoms with Gasteiger partial charge < -0.3 is 47.1 Å². The molecular weight excluding hydrogens is 1940 g/mol. The molecule has 137 heavy (non-hydrogen) atoms. The van der Waals surface area contributed by atoms with E-state index in [0.717, 1.165) is 91.1 Å². The third-order valence-electron chi connectivity index (χ3n) is 19.3. The Morgan fingerprint density at radius 3 is 1.25 bits per heavy atom. The molecule has 15 rings (SSSR count). The van der Waals surface area contributed by atoms with Crippen LogP contribution in [0.1, 0.15) is 29.2 Å². The molecule has 5 aromatic heterocycles. The van der Waals surface area contributed by atoms with Crippen LogP contribution < -0.4 is 37.2 Å². The van der Waals surface area contributed by atoms with E-state index in [2.05, 4.69) is 103 Å². The summed E-state index contributed by atoms with van der Waals surface area (Å²) in [5, 5.41) is 82.7. The van der Waals surface area contributed by atoms with Crippen molar-refractivity contribution in [3.05, 3.63) is 240 Å². The van der Waals surface area contributed by atoms with Crippen LogP contribution in [0.4, 0.5) is 124 Å². The van der Waals surface area contributed by atoms with Crippen molar-refractivity contribution in [2.75, 3.05) is 37.2 Å². The number of ether oxygens (including phenoxy) is 1. The fourth-order valence-corrected chi connectivity index (χ4v) is 18.6. The van der Waals surface area contributed by atoms with Crippen LogP contribution in [-0.2, 0) is 76.8 Å². The summed E-state index contributed by atoms with van der Waals surface area (Å²) in [6.07, 6.45) is 0.524. The first-order valence-corrected chi connectivity index (χ1v) is 48.9. The van der Waals surface area contributed by atoms with Gasteiger partial charge in [-0.05, 0) is 171 Å². The lowest BCUT2D eigenvalue weighted by Crippen LogP contribution is -2.09. The molecule has 0 bridgehead atoms. The number of nitrogens with one attached hydrogen (secondary N) is 8. The van der Waals surface area contributed by atoms with Crippen molar-refractivity contribution in [1.29, 1.82) is 10.7 Å². The van der Waals surface area contributed by atoms with Crippen LogP contribution in [0.3, 0.4) is 0 Å². The summed E-state index contributed by atoms with van der Waals surface area (Å²) < 4.78 is 219. The zero-order valence-electron chi connectivity index (χ0n) is 69.6. The Morgan fingerprint density at radius 2 is 0.825 bits per heavy atom. The van der Waals surface area contributed by atoms with E-state index >= 15 is 0 Å². The van der Waals surface area contributed by atoms with E-state index in [-0.39, 0.29) is 140 Å². The van der Waals surface area contributed by atoms with Crippen molar-refractivity contribution in [2.45, 2.75) is 56.8 Å². The van der Waals surface area contributed by atoms with Crippen molar-refractivity contribution in [1.82, 2.24) is 34.9 Å². The third kappa shape index (κ3) is 22.5. The largest absolute Gasteiger partial charge is 0.479 e. The van der Waals surface area contributed by atoms with Gasteiger partial charge in [-0.3, -0.25) is 37.5 Å². The van der Waals surface area contributed by atoms with E-state index in [4.69, 9.17) is 31.7 Å². The molecule has 15 aromatic rings. The van der Waals surface area contributed by atoms with Crippen molar-refractivity contribution in [2.24, 2.45) is 40.9 Å². The fourth-order valence-electron chi connectivity index (χ4n) is 13.3. The Hall–Kier alpha value is -16.3. The second-order valence-corrected chi connectivity index (χ2v) is 39.0. The number of aromatic nitrogens is 7. The molecule has 10 aromatic carbocycles. The highest BCUT2D eigenvalue weighted by Gasteiger charge is 2.29. The van der Waals surface area contributed by atoms with Crippen LogP contribution in [0.25, 0.3) is 48.9 Å². The first-order chi connectivity index (χ1) is 65.0. The van der Waals surface area contributed by atoms with E-state index in [1.807, 2.05) is 12.1 Å². The van der Waals surface area contributed by atoms with Crippen LogP contribution in [0.2, 0.25) is 0 Å². The average Bonchev–Trinajstić information content (AvgIpc) is 0.791. The van der Waals surface area contributed by atoms with Crippen molar-refractivity contribution in [3.63, 3.8) is 0 Å². The second-order valence-electron chi connectivity index (χ2n) is 28.7. The third-order valence-corrected chi connectivity index (χ3v) is 26.3. The molecule has 0 fully saturated rings. The second kappa shape index (κ2) is 38.7. The van der Waals surface area contributed by atoms with Gasteiger partial charge in [0.05, 0.1) is 33.3 Å². The number of hydrogen-bond donors (Lipinski definition) is 15. The summed E-state index contributed by atoms with van der Waals surface area (Å²) in [6, 6.07) is 48.5. The SMILES string of the molecule is [C-]#[N+]c1c(Nc2ccccc2)nc(Nc2ccccc2)c(N=Nc2nc(-c3ccc(Nc4nc(O)nc(Nc5ccc(-c6nc(N=Nc7c(Nc8ccc(S(=O)(=O)O)cc8)nc(Nc8ccc(S(=O)(=O)O)cc8)c(C#N)c7C)sc6N=Nc6cc(S(=O)(=O)O)c7cc(COC=N)cc(S(=O)(=O)O)c7c6)cc5)n4)cc3)c(N=Nc3cc(S(=O)(=O)O)c4cc(NC(C)=O)cc(S(=O)(=O)O)c4c3)s2)c1C. The molecular formula is C83H61N25O21S8. The topological polar surface area (TPSA) is 698 Å². The normalized spacial score (nSPS) is 12.2. The van der Waals surface area contributed by atoms with Crippen molar-refractivity contribution >= 4 is 241 Å². The molecule has 0 aliphatic rings. The van der Waals surface area contributed by atoms with Gasteiger partial charge in [-0.1, -0.05) is 83.3 Å². The number of para-hydroxylation sites is 2. The summed E-state index contributed by atoms with van der Waals surface area (Å²) in [5.41, 5.74) is 1.83. The Kier molecular flexibility index (Phi) is 26.9. The van der Waals surface area contributed by atoms with Crippen LogP contribution in [0, 0.1) is 37.2 Å². The number of nitriles is 1. The van der Waals surface area contributed by atoms with Crippen LogP contribution in [0.15, 0.2) is 277 Å². The number of amides is 1. The molecule has 0 atom stereocenters. The zero-order valence-corrected chi connectivity index (χ0v) is 76.2. The molecule has 0 saturated heterocycles. The molecule has 0 spiro atoms. The number of anilines is 13. The van der Waals surface area contributed by atoms with Gasteiger partial charge in [-0.2, -0.15) is 70.7 Å². The maximum Gasteiger partial charge on any atom is 0.320 e. The lowest BCUT2D eigenvalue weighted by molar-refractivity contribution is -0.114. The standard InChI is InChI=1S/C83H61N25O21S8/c1-42-63(39-84)73(88-50-23-27-57(28-24-50)132(111,112)113)96-75(91-51-25-29-58(30-26-51)133(114,115)116)69(42)103-107-82-94-71(77(130-82)105-101-55-34-61-59(66(37-55)136(123,124)125)31-45(40-129-41-85)32-64(61)134(117,118)119)46-15-19-52(20-16-46)92-79-98-80(100-81(110)99-79)93-53-21-17-47(18-22-53)72-78(106-102-56-35-62-60(67(38-56)137(126,127)128)33-54(87-44(3)109)36-65(62)135(120,121)122)131-83(95-72)108-104-70-43(2)68(86-4)74(89-48-11-7-5-8-12-48)97-76(70)90-49-13-9-6-10-14-49/h5-38,41,85H,40H2,1-3H3,(H,87,109)(H2,88,91,96)(H2,89,90,97)(H,111,112,113)(H,114,115,116)(H,117,118,119)(H,120,121,122)(H,123,124,125)(H,126,127,128)(H3,92,93,98,99,100,110). The van der Waals surface area contributed by atoms with Gasteiger partial charge in [0.25, 0.3) is 60.7 Å². The number of carbonyl (C=O) groups excluding carboxylic acids is 1. The van der Waals surface area contributed by atoms with Gasteiger partial charge >= 0.3 is 6.01 Å². The predicted octanol–water partition coefficient (Wildman–Crippen LogP) is 19.6. The van der Waals surface area contributed by atoms with Crippen LogP contribution in [-0.4, -0.2) is 130 Å². The van der Waals surface area contributed by atoms with E-state index in [1.54, 1.807) is 73.7 Å². The molecule has 5 heterocycles. The number of pyridine rings is 2. The molecule has 15 N–H and O–H groups in total. The Bertz CT molecular complexity index is 8400. The molecule has 0 saturated carbocycles. The Labute approximate surface area is 782 Å². The number of benzene rings is 10. The lowest BCUT2D eigenvalue weighted by atomic mass is 10.1. The number of rotatable bonds is 32. The van der Waals surface area contributed by atoms with Gasteiger partial charge in [0, 0.05) is 85.0 Å². The highest BCUT2D eigenvalue weighted by Crippen LogP contribution is 2.49. The number of fused-ring (bicyclic) bond motifs is 2. The smallest absolute Gasteiger partial charge is 0.320 e. The van der Waals surface area contributed by atoms with Crippen molar-refractivity contribution < 1.29 is 92.5 Å². The van der Waals surface area contributed by atoms with Gasteiger partial charge in [-0.15, -0.1) is 40.9 Å². The molecule has 0 aliphatic heterocycles.